The Morgan fingerprint density at radius 3 is 2.63 bits per heavy atom. The number of thiophene rings is 1. The molecule has 1 heterocycles. The third-order valence-corrected chi connectivity index (χ3v) is 5.25. The van der Waals surface area contributed by atoms with Crippen molar-refractivity contribution in [3.8, 4) is 0 Å². The van der Waals surface area contributed by atoms with Crippen LogP contribution in [0, 0.1) is 0 Å². The fourth-order valence-corrected chi connectivity index (χ4v) is 3.54. The van der Waals surface area contributed by atoms with Gasteiger partial charge in [-0.2, -0.15) is 4.31 Å². The van der Waals surface area contributed by atoms with E-state index in [1.807, 2.05) is 13.8 Å². The Kier molecular flexibility index (Phi) is 5.48. The van der Waals surface area contributed by atoms with E-state index in [4.69, 9.17) is 9.84 Å². The summed E-state index contributed by atoms with van der Waals surface area (Å²) in [6, 6.07) is 1.17. The highest BCUT2D eigenvalue weighted by Crippen LogP contribution is 2.21. The van der Waals surface area contributed by atoms with Crippen LogP contribution in [-0.2, 0) is 14.8 Å². The van der Waals surface area contributed by atoms with E-state index in [1.54, 1.807) is 0 Å². The standard InChI is InChI=1S/C11H17NO5S2/c1-8(2)17-5-4-12(3)19(15,16)9-6-10(11(13)14)18-7-9/h6-8H,4-5H2,1-3H3,(H,13,14). The molecule has 6 nitrogen and oxygen atoms in total. The maximum Gasteiger partial charge on any atom is 0.345 e. The predicted octanol–water partition coefficient (Wildman–Crippen LogP) is 1.49. The van der Waals surface area contributed by atoms with Crippen LogP contribution >= 0.6 is 11.3 Å². The molecule has 1 aromatic heterocycles. The Balaban J connectivity index is 2.75. The van der Waals surface area contributed by atoms with Crippen molar-refractivity contribution in [2.75, 3.05) is 20.2 Å². The van der Waals surface area contributed by atoms with Gasteiger partial charge in [0.15, 0.2) is 0 Å². The molecule has 0 saturated carbocycles. The first-order valence-electron chi connectivity index (χ1n) is 5.65. The lowest BCUT2D eigenvalue weighted by atomic mass is 10.5. The minimum Gasteiger partial charge on any atom is -0.477 e. The summed E-state index contributed by atoms with van der Waals surface area (Å²) in [6.45, 7) is 4.25. The highest BCUT2D eigenvalue weighted by Gasteiger charge is 2.23. The number of carbonyl (C=O) groups is 1. The van der Waals surface area contributed by atoms with E-state index >= 15 is 0 Å². The Hall–Kier alpha value is -0.960. The summed E-state index contributed by atoms with van der Waals surface area (Å²) >= 11 is 0.894. The van der Waals surface area contributed by atoms with E-state index in [1.165, 1.54) is 18.5 Å². The van der Waals surface area contributed by atoms with Crippen LogP contribution in [-0.4, -0.2) is 50.1 Å². The molecule has 19 heavy (non-hydrogen) atoms. The lowest BCUT2D eigenvalue weighted by Gasteiger charge is -2.17. The van der Waals surface area contributed by atoms with Gasteiger partial charge in [-0.05, 0) is 19.9 Å². The molecule has 0 aliphatic rings. The van der Waals surface area contributed by atoms with Crippen molar-refractivity contribution in [1.82, 2.24) is 4.31 Å². The third kappa shape index (κ3) is 4.27. The Bertz CT molecular complexity index is 535. The van der Waals surface area contributed by atoms with Crippen molar-refractivity contribution < 1.29 is 23.1 Å². The normalized spacial score (nSPS) is 12.3. The number of hydrogen-bond acceptors (Lipinski definition) is 5. The third-order valence-electron chi connectivity index (χ3n) is 2.35. The molecule has 1 rings (SSSR count). The summed E-state index contributed by atoms with van der Waals surface area (Å²) in [4.78, 5) is 10.7. The topological polar surface area (TPSA) is 83.9 Å². The maximum absolute atomic E-state index is 12.1. The zero-order valence-corrected chi connectivity index (χ0v) is 12.6. The van der Waals surface area contributed by atoms with Crippen LogP contribution < -0.4 is 0 Å². The van der Waals surface area contributed by atoms with Gasteiger partial charge in [-0.1, -0.05) is 0 Å². The number of aromatic carboxylic acids is 1. The molecule has 0 aliphatic heterocycles. The van der Waals surface area contributed by atoms with Gasteiger partial charge >= 0.3 is 5.97 Å². The van der Waals surface area contributed by atoms with E-state index in [0.29, 0.717) is 6.61 Å². The van der Waals surface area contributed by atoms with Crippen LogP contribution in [0.25, 0.3) is 0 Å². The number of likely N-dealkylation sites (N-methyl/N-ethyl adjacent to an activating group) is 1. The summed E-state index contributed by atoms with van der Waals surface area (Å²) in [5, 5.41) is 10.1. The van der Waals surface area contributed by atoms with E-state index in [9.17, 15) is 13.2 Å². The van der Waals surface area contributed by atoms with Gasteiger partial charge in [0.1, 0.15) is 4.88 Å². The summed E-state index contributed by atoms with van der Waals surface area (Å²) in [5.41, 5.74) is 0. The van der Waals surface area contributed by atoms with Crippen LogP contribution in [0.3, 0.4) is 0 Å². The Morgan fingerprint density at radius 2 is 2.16 bits per heavy atom. The smallest absolute Gasteiger partial charge is 0.345 e. The lowest BCUT2D eigenvalue weighted by molar-refractivity contribution is 0.0701. The molecule has 0 amide bonds. The first-order chi connectivity index (χ1) is 8.75. The van der Waals surface area contributed by atoms with Gasteiger partial charge in [0.25, 0.3) is 0 Å². The van der Waals surface area contributed by atoms with E-state index in [-0.39, 0.29) is 22.4 Å². The number of hydrogen-bond donors (Lipinski definition) is 1. The molecule has 0 saturated heterocycles. The molecule has 0 atom stereocenters. The largest absolute Gasteiger partial charge is 0.477 e. The minimum atomic E-state index is -3.65. The maximum atomic E-state index is 12.1. The Morgan fingerprint density at radius 1 is 1.53 bits per heavy atom. The van der Waals surface area contributed by atoms with Gasteiger partial charge < -0.3 is 9.84 Å². The second-order valence-corrected chi connectivity index (χ2v) is 7.15. The SMILES string of the molecule is CC(C)OCCN(C)S(=O)(=O)c1csc(C(=O)O)c1. The van der Waals surface area contributed by atoms with Crippen molar-refractivity contribution in [2.45, 2.75) is 24.8 Å². The number of nitrogens with zero attached hydrogens (tertiary/aromatic N) is 1. The predicted molar refractivity (Wildman–Crippen MR) is 72.2 cm³/mol. The number of rotatable bonds is 7. The average Bonchev–Trinajstić information content (AvgIpc) is 2.78. The fraction of sp³-hybridized carbons (Fsp3) is 0.545. The van der Waals surface area contributed by atoms with Crippen LogP contribution in [0.15, 0.2) is 16.3 Å². The van der Waals surface area contributed by atoms with Gasteiger partial charge in [0.2, 0.25) is 10.0 Å². The monoisotopic (exact) mass is 307 g/mol. The van der Waals surface area contributed by atoms with Gasteiger partial charge in [-0.3, -0.25) is 0 Å². The number of ether oxygens (including phenoxy) is 1. The Labute approximate surface area is 116 Å². The summed E-state index contributed by atoms with van der Waals surface area (Å²) in [7, 11) is -2.21. The van der Waals surface area contributed by atoms with Crippen molar-refractivity contribution in [3.63, 3.8) is 0 Å². The van der Waals surface area contributed by atoms with Crippen molar-refractivity contribution >= 4 is 27.3 Å². The zero-order valence-electron chi connectivity index (χ0n) is 11.0. The van der Waals surface area contributed by atoms with E-state index in [2.05, 4.69) is 0 Å². The highest BCUT2D eigenvalue weighted by molar-refractivity contribution is 7.89. The number of carboxylic acids is 1. The van der Waals surface area contributed by atoms with Crippen molar-refractivity contribution in [3.05, 3.63) is 16.3 Å². The quantitative estimate of drug-likeness (QED) is 0.825. The van der Waals surface area contributed by atoms with Crippen molar-refractivity contribution in [2.24, 2.45) is 0 Å². The molecule has 0 aromatic carbocycles. The van der Waals surface area contributed by atoms with Gasteiger partial charge in [0.05, 0.1) is 17.6 Å². The molecule has 8 heteroatoms. The molecule has 0 bridgehead atoms. The fourth-order valence-electron chi connectivity index (χ4n) is 1.28. The molecule has 0 unspecified atom stereocenters. The van der Waals surface area contributed by atoms with E-state index < -0.39 is 16.0 Å². The molecule has 0 aliphatic carbocycles. The molecule has 108 valence electrons. The molecule has 0 fully saturated rings. The second kappa shape index (κ2) is 6.47. The first-order valence-corrected chi connectivity index (χ1v) is 7.97. The van der Waals surface area contributed by atoms with Gasteiger partial charge in [-0.15, -0.1) is 11.3 Å². The van der Waals surface area contributed by atoms with Crippen LogP contribution in [0.1, 0.15) is 23.5 Å². The highest BCUT2D eigenvalue weighted by atomic mass is 32.2. The molecular formula is C11H17NO5S2. The van der Waals surface area contributed by atoms with Crippen LogP contribution in [0.4, 0.5) is 0 Å². The lowest BCUT2D eigenvalue weighted by Crippen LogP contribution is -2.30. The molecular weight excluding hydrogens is 290 g/mol. The average molecular weight is 307 g/mol. The van der Waals surface area contributed by atoms with Crippen molar-refractivity contribution in [1.29, 1.82) is 0 Å². The zero-order chi connectivity index (χ0) is 14.6. The van der Waals surface area contributed by atoms with Crippen LogP contribution in [0.5, 0.6) is 0 Å². The number of sulfonamides is 1. The summed E-state index contributed by atoms with van der Waals surface area (Å²) in [6.07, 6.45) is 0.0378. The van der Waals surface area contributed by atoms with E-state index in [0.717, 1.165) is 15.6 Å². The molecule has 1 aromatic rings. The number of carboxylic acid groups (broad SMARTS) is 1. The summed E-state index contributed by atoms with van der Waals surface area (Å²) < 4.78 is 30.7. The molecule has 1 N–H and O–H groups in total. The molecule has 0 spiro atoms. The van der Waals surface area contributed by atoms with Crippen LogP contribution in [0.2, 0.25) is 0 Å². The van der Waals surface area contributed by atoms with Gasteiger partial charge in [-0.25, -0.2) is 13.2 Å². The summed E-state index contributed by atoms with van der Waals surface area (Å²) in [5.74, 6) is -1.13. The second-order valence-electron chi connectivity index (χ2n) is 4.20. The minimum absolute atomic E-state index is 0.00180. The first kappa shape index (κ1) is 16.1. The van der Waals surface area contributed by atoms with Gasteiger partial charge in [0, 0.05) is 19.0 Å². The molecule has 0 radical (unpaired) electrons.